The third-order valence-electron chi connectivity index (χ3n) is 3.81. The molecule has 0 atom stereocenters. The van der Waals surface area contributed by atoms with Gasteiger partial charge in [0, 0.05) is 28.9 Å². The first-order valence-electron chi connectivity index (χ1n) is 7.49. The van der Waals surface area contributed by atoms with Crippen molar-refractivity contribution in [3.05, 3.63) is 15.8 Å². The second-order valence-electron chi connectivity index (χ2n) is 5.53. The first-order chi connectivity index (χ1) is 10.6. The summed E-state index contributed by atoms with van der Waals surface area (Å²) in [5.41, 5.74) is 2.50. The molecule has 2 aromatic rings. The molecule has 0 unspecified atom stereocenters. The number of amides is 1. The predicted octanol–water partition coefficient (Wildman–Crippen LogP) is 2.79. The van der Waals surface area contributed by atoms with E-state index in [1.54, 1.807) is 11.3 Å². The third kappa shape index (κ3) is 3.20. The van der Waals surface area contributed by atoms with Crippen molar-refractivity contribution in [1.29, 1.82) is 0 Å². The van der Waals surface area contributed by atoms with Crippen LogP contribution >= 0.6 is 23.1 Å². The average molecular weight is 336 g/mol. The van der Waals surface area contributed by atoms with Crippen LogP contribution in [0.25, 0.3) is 11.4 Å². The highest BCUT2D eigenvalue weighted by molar-refractivity contribution is 7.99. The summed E-state index contributed by atoms with van der Waals surface area (Å²) in [4.78, 5) is 13.1. The highest BCUT2D eigenvalue weighted by Gasteiger charge is 2.23. The highest BCUT2D eigenvalue weighted by Crippen LogP contribution is 2.31. The number of carbonyl (C=O) groups is 1. The molecule has 118 valence electrons. The Morgan fingerprint density at radius 2 is 2.27 bits per heavy atom. The van der Waals surface area contributed by atoms with E-state index in [4.69, 9.17) is 0 Å². The second kappa shape index (κ2) is 6.42. The van der Waals surface area contributed by atoms with Crippen molar-refractivity contribution < 1.29 is 4.79 Å². The van der Waals surface area contributed by atoms with E-state index in [2.05, 4.69) is 34.7 Å². The lowest BCUT2D eigenvalue weighted by Gasteiger charge is -2.05. The number of aryl methyl sites for hydroxylation is 1. The van der Waals surface area contributed by atoms with Gasteiger partial charge in [-0.3, -0.25) is 4.79 Å². The van der Waals surface area contributed by atoms with Crippen molar-refractivity contribution in [3.63, 3.8) is 0 Å². The Morgan fingerprint density at radius 3 is 2.95 bits per heavy atom. The van der Waals surface area contributed by atoms with Gasteiger partial charge in [-0.1, -0.05) is 18.7 Å². The topological polar surface area (TPSA) is 59.8 Å². The fourth-order valence-corrected chi connectivity index (χ4v) is 4.07. The molecular formula is C15H20N4OS2. The summed E-state index contributed by atoms with van der Waals surface area (Å²) in [6, 6.07) is 0.407. The van der Waals surface area contributed by atoms with Crippen LogP contribution < -0.4 is 5.32 Å². The first kappa shape index (κ1) is 15.6. The number of nitrogens with zero attached hydrogens (tertiary/aromatic N) is 3. The van der Waals surface area contributed by atoms with Crippen molar-refractivity contribution in [2.24, 2.45) is 7.05 Å². The lowest BCUT2D eigenvalue weighted by molar-refractivity contribution is -0.118. The summed E-state index contributed by atoms with van der Waals surface area (Å²) < 4.78 is 1.98. The Balaban J connectivity index is 1.72. The number of rotatable bonds is 6. The smallest absolute Gasteiger partial charge is 0.230 e. The fourth-order valence-electron chi connectivity index (χ4n) is 2.41. The van der Waals surface area contributed by atoms with Crippen LogP contribution in [0.4, 0.5) is 0 Å². The minimum atomic E-state index is 0.0812. The number of carbonyl (C=O) groups excluding carboxylic acids is 1. The molecule has 22 heavy (non-hydrogen) atoms. The largest absolute Gasteiger partial charge is 0.353 e. The maximum Gasteiger partial charge on any atom is 0.230 e. The number of hydrogen-bond acceptors (Lipinski definition) is 5. The number of aromatic nitrogens is 3. The summed E-state index contributed by atoms with van der Waals surface area (Å²) in [5.74, 6) is 1.36. The standard InChI is InChI=1S/C15H20N4OS2/c1-4-11-9(2)21-7-12(11)14-17-18-15(19(14)3)22-8-13(20)16-10-5-6-10/h7,10H,4-6,8H2,1-3H3,(H,16,20). The van der Waals surface area contributed by atoms with Crippen LogP contribution in [0, 0.1) is 6.92 Å². The van der Waals surface area contributed by atoms with E-state index in [9.17, 15) is 4.79 Å². The van der Waals surface area contributed by atoms with Crippen LogP contribution in [0.2, 0.25) is 0 Å². The molecule has 2 aromatic heterocycles. The summed E-state index contributed by atoms with van der Waals surface area (Å²) in [6.07, 6.45) is 3.22. The van der Waals surface area contributed by atoms with Gasteiger partial charge < -0.3 is 9.88 Å². The monoisotopic (exact) mass is 336 g/mol. The van der Waals surface area contributed by atoms with Crippen LogP contribution in [-0.4, -0.2) is 32.5 Å². The van der Waals surface area contributed by atoms with Gasteiger partial charge in [0.1, 0.15) is 0 Å². The van der Waals surface area contributed by atoms with Crippen molar-refractivity contribution in [3.8, 4) is 11.4 Å². The number of hydrogen-bond donors (Lipinski definition) is 1. The summed E-state index contributed by atoms with van der Waals surface area (Å²) in [6.45, 7) is 4.30. The zero-order chi connectivity index (χ0) is 15.7. The SMILES string of the molecule is CCc1c(-c2nnc(SCC(=O)NC3CC3)n2C)csc1C. The summed E-state index contributed by atoms with van der Waals surface area (Å²) >= 11 is 3.19. The molecule has 1 saturated carbocycles. The summed E-state index contributed by atoms with van der Waals surface area (Å²) in [7, 11) is 1.96. The predicted molar refractivity (Wildman–Crippen MR) is 90.3 cm³/mol. The molecule has 7 heteroatoms. The number of thiophene rings is 1. The second-order valence-corrected chi connectivity index (χ2v) is 7.56. The Hall–Kier alpha value is -1.34. The zero-order valence-electron chi connectivity index (χ0n) is 13.0. The van der Waals surface area contributed by atoms with E-state index in [1.165, 1.54) is 22.2 Å². The van der Waals surface area contributed by atoms with E-state index in [0.29, 0.717) is 11.8 Å². The van der Waals surface area contributed by atoms with Crippen LogP contribution in [0.15, 0.2) is 10.5 Å². The molecule has 0 bridgehead atoms. The molecule has 1 N–H and O–H groups in total. The number of nitrogens with one attached hydrogen (secondary N) is 1. The Labute approximate surface area is 138 Å². The van der Waals surface area contributed by atoms with E-state index < -0.39 is 0 Å². The molecule has 0 saturated heterocycles. The molecule has 0 radical (unpaired) electrons. The van der Waals surface area contributed by atoms with Gasteiger partial charge in [-0.25, -0.2) is 0 Å². The summed E-state index contributed by atoms with van der Waals surface area (Å²) in [5, 5.41) is 14.5. The third-order valence-corrected chi connectivity index (χ3v) is 5.78. The Kier molecular flexibility index (Phi) is 4.54. The van der Waals surface area contributed by atoms with Crippen molar-refractivity contribution in [2.45, 2.75) is 44.3 Å². The van der Waals surface area contributed by atoms with Gasteiger partial charge in [-0.2, -0.15) is 0 Å². The van der Waals surface area contributed by atoms with Gasteiger partial charge in [-0.05, 0) is 31.7 Å². The van der Waals surface area contributed by atoms with Gasteiger partial charge in [0.15, 0.2) is 11.0 Å². The van der Waals surface area contributed by atoms with Gasteiger partial charge in [0.25, 0.3) is 0 Å². The molecule has 1 aliphatic carbocycles. The molecule has 1 aliphatic rings. The van der Waals surface area contributed by atoms with Crippen LogP contribution in [0.5, 0.6) is 0 Å². The normalized spacial score (nSPS) is 14.3. The van der Waals surface area contributed by atoms with Crippen molar-refractivity contribution in [2.75, 3.05) is 5.75 Å². The van der Waals surface area contributed by atoms with Gasteiger partial charge in [0.05, 0.1) is 5.75 Å². The number of thioether (sulfide) groups is 1. The molecule has 0 aromatic carbocycles. The molecule has 5 nitrogen and oxygen atoms in total. The first-order valence-corrected chi connectivity index (χ1v) is 9.35. The van der Waals surface area contributed by atoms with E-state index in [-0.39, 0.29) is 5.91 Å². The minimum absolute atomic E-state index is 0.0812. The molecule has 3 rings (SSSR count). The lowest BCUT2D eigenvalue weighted by Crippen LogP contribution is -2.27. The zero-order valence-corrected chi connectivity index (χ0v) is 14.7. The maximum absolute atomic E-state index is 11.8. The van der Waals surface area contributed by atoms with E-state index in [1.807, 2.05) is 11.6 Å². The Morgan fingerprint density at radius 1 is 1.50 bits per heavy atom. The van der Waals surface area contributed by atoms with Crippen LogP contribution in [-0.2, 0) is 18.3 Å². The van der Waals surface area contributed by atoms with Crippen molar-refractivity contribution >= 4 is 29.0 Å². The average Bonchev–Trinajstić information content (AvgIpc) is 3.12. The van der Waals surface area contributed by atoms with E-state index in [0.717, 1.165) is 35.8 Å². The molecule has 2 heterocycles. The molecular weight excluding hydrogens is 316 g/mol. The maximum atomic E-state index is 11.8. The fraction of sp³-hybridized carbons (Fsp3) is 0.533. The molecule has 1 amide bonds. The van der Waals surface area contributed by atoms with Gasteiger partial charge >= 0.3 is 0 Å². The molecule has 0 aliphatic heterocycles. The van der Waals surface area contributed by atoms with Crippen molar-refractivity contribution in [1.82, 2.24) is 20.1 Å². The molecule has 1 fully saturated rings. The van der Waals surface area contributed by atoms with E-state index >= 15 is 0 Å². The lowest BCUT2D eigenvalue weighted by atomic mass is 10.1. The minimum Gasteiger partial charge on any atom is -0.353 e. The highest BCUT2D eigenvalue weighted by atomic mass is 32.2. The quantitative estimate of drug-likeness (QED) is 0.824. The van der Waals surface area contributed by atoms with Gasteiger partial charge in [0.2, 0.25) is 5.91 Å². The van der Waals surface area contributed by atoms with Crippen LogP contribution in [0.3, 0.4) is 0 Å². The van der Waals surface area contributed by atoms with Crippen LogP contribution in [0.1, 0.15) is 30.2 Å². The Bertz CT molecular complexity index is 688. The van der Waals surface area contributed by atoms with Gasteiger partial charge in [-0.15, -0.1) is 21.5 Å². The molecule has 0 spiro atoms.